The highest BCUT2D eigenvalue weighted by atomic mass is 16.8. The molecule has 0 bridgehead atoms. The second kappa shape index (κ2) is 28.9. The molecule has 75 heavy (non-hydrogen) atoms. The molecular formula is C53H90O22. The maximum atomic E-state index is 11.5. The van der Waals surface area contributed by atoms with Crippen LogP contribution in [0, 0.1) is 20.8 Å². The number of aliphatic hydroxyl groups excluding tert-OH is 13. The van der Waals surface area contributed by atoms with Crippen LogP contribution in [0.5, 0.6) is 11.5 Å². The van der Waals surface area contributed by atoms with Gasteiger partial charge in [-0.2, -0.15) is 0 Å². The quantitative estimate of drug-likeness (QED) is 0.0524. The molecule has 0 aromatic heterocycles. The molecule has 21 atom stereocenters. The Morgan fingerprint density at radius 2 is 0.813 bits per heavy atom. The van der Waals surface area contributed by atoms with E-state index in [9.17, 15) is 66.4 Å². The summed E-state index contributed by atoms with van der Waals surface area (Å²) in [6.45, 7) is 6.80. The number of hydrogen-bond donors (Lipinski definition) is 13. The van der Waals surface area contributed by atoms with Crippen LogP contribution < -0.4 is 9.47 Å². The van der Waals surface area contributed by atoms with Crippen molar-refractivity contribution in [2.75, 3.05) is 26.4 Å². The van der Waals surface area contributed by atoms with Crippen LogP contribution in [0.1, 0.15) is 139 Å². The van der Waals surface area contributed by atoms with Crippen molar-refractivity contribution in [2.24, 2.45) is 0 Å². The largest absolute Gasteiger partial charge is 0.487 e. The second-order valence-corrected chi connectivity index (χ2v) is 21.6. The maximum Gasteiger partial charge on any atom is 0.229 e. The topological polar surface area (TPSA) is 346 Å². The Labute approximate surface area is 440 Å². The van der Waals surface area contributed by atoms with Gasteiger partial charge in [0.2, 0.25) is 6.29 Å². The fourth-order valence-electron chi connectivity index (χ4n) is 11.1. The summed E-state index contributed by atoms with van der Waals surface area (Å²) in [5.41, 5.74) is 3.03. The zero-order valence-electron chi connectivity index (χ0n) is 44.4. The van der Waals surface area contributed by atoms with Crippen molar-refractivity contribution in [3.8, 4) is 11.5 Å². The monoisotopic (exact) mass is 1080 g/mol. The molecular weight excluding hydrogens is 989 g/mol. The summed E-state index contributed by atoms with van der Waals surface area (Å²) in [7, 11) is 0. The number of benzene rings is 1. The van der Waals surface area contributed by atoms with E-state index in [1.165, 1.54) is 83.5 Å². The number of aliphatic hydroxyl groups is 13. The molecule has 9 unspecified atom stereocenters. The first-order valence-electron chi connectivity index (χ1n) is 27.5. The lowest BCUT2D eigenvalue weighted by Gasteiger charge is -2.49. The van der Waals surface area contributed by atoms with Crippen LogP contribution in [0.2, 0.25) is 0 Å². The average Bonchev–Trinajstić information content (AvgIpc) is 3.40. The molecule has 5 aliphatic heterocycles. The normalized spacial score (nSPS) is 39.3. The molecule has 5 heterocycles. The Hall–Kier alpha value is -1.98. The van der Waals surface area contributed by atoms with Gasteiger partial charge >= 0.3 is 0 Å². The van der Waals surface area contributed by atoms with Crippen LogP contribution in [-0.2, 0) is 39.6 Å². The van der Waals surface area contributed by atoms with Gasteiger partial charge in [-0.1, -0.05) is 90.4 Å². The van der Waals surface area contributed by atoms with Crippen LogP contribution in [-0.4, -0.2) is 221 Å². The highest BCUT2D eigenvalue weighted by molar-refractivity contribution is 5.59. The number of rotatable bonds is 27. The molecule has 6 rings (SSSR count). The molecule has 4 saturated heterocycles. The Kier molecular flexibility index (Phi) is 24.0. The van der Waals surface area contributed by atoms with E-state index in [2.05, 4.69) is 13.8 Å². The molecule has 4 fully saturated rings. The highest BCUT2D eigenvalue weighted by Crippen LogP contribution is 2.46. The summed E-state index contributed by atoms with van der Waals surface area (Å²) in [5, 5.41) is 139. The lowest BCUT2D eigenvalue weighted by molar-refractivity contribution is -0.387. The van der Waals surface area contributed by atoms with E-state index in [1.54, 1.807) is 0 Å². The third kappa shape index (κ3) is 14.9. The van der Waals surface area contributed by atoms with Crippen molar-refractivity contribution in [2.45, 2.75) is 272 Å². The van der Waals surface area contributed by atoms with Crippen LogP contribution in [0.25, 0.3) is 0 Å². The molecule has 1 aromatic carbocycles. The molecule has 0 amide bonds. The maximum absolute atomic E-state index is 11.5. The van der Waals surface area contributed by atoms with Crippen LogP contribution in [0.3, 0.4) is 0 Å². The minimum Gasteiger partial charge on any atom is -0.487 e. The number of ether oxygens (including phenoxy) is 9. The third-order valence-corrected chi connectivity index (χ3v) is 16.0. The fraction of sp³-hybridized carbons (Fsp3) is 0.887. The molecule has 0 spiro atoms. The van der Waals surface area contributed by atoms with Crippen molar-refractivity contribution in [1.82, 2.24) is 0 Å². The summed E-state index contributed by atoms with van der Waals surface area (Å²) >= 11 is 0. The predicted octanol–water partition coefficient (Wildman–Crippen LogP) is 0.218. The number of hydrogen-bond acceptors (Lipinski definition) is 22. The standard InChI is InChI=1S/C53H90O22/c1-6-7-8-9-10-11-12-13-14-15-16-17-18-19-21-53(5)22-20-30-29(4)44(27(2)28(3)45(30)75-53)71-50-41(64)37(60)47(32(24-55)68-50)73-52-43(66)39(62)48(34(26-57)70-52)74-51-42(65)38(61)46(33(25-56)69-51)72-49-40(63)36(59)35(58)31(23-54)67-49/h31-43,46-52,54-66H,6-26H2,1-5H3/t31?,32?,33?,34?,35-,36-,37+,38+,39+,40?,41?,42?,43?,46-,47-,48-,49-,50-,51-,52-,53?/m0/s1. The van der Waals surface area contributed by atoms with E-state index < -0.39 is 149 Å². The average molecular weight is 1080 g/mol. The number of unbranched alkanes of at least 4 members (excludes halogenated alkanes) is 13. The van der Waals surface area contributed by atoms with Gasteiger partial charge in [-0.15, -0.1) is 0 Å². The smallest absolute Gasteiger partial charge is 0.229 e. The first-order valence-corrected chi connectivity index (χ1v) is 27.5. The molecule has 1 aromatic rings. The van der Waals surface area contributed by atoms with Gasteiger partial charge in [0.1, 0.15) is 115 Å². The number of fused-ring (bicyclic) bond motifs is 1. The molecule has 0 radical (unpaired) electrons. The zero-order chi connectivity index (χ0) is 54.7. The molecule has 22 heteroatoms. The van der Waals surface area contributed by atoms with Gasteiger partial charge in [-0.05, 0) is 70.1 Å². The molecule has 0 saturated carbocycles. The van der Waals surface area contributed by atoms with Crippen LogP contribution in [0.15, 0.2) is 0 Å². The van der Waals surface area contributed by atoms with E-state index >= 15 is 0 Å². The minimum absolute atomic E-state index is 0.326. The second-order valence-electron chi connectivity index (χ2n) is 21.6. The molecule has 13 N–H and O–H groups in total. The summed E-state index contributed by atoms with van der Waals surface area (Å²) in [6.07, 6.45) is -14.4. The molecule has 22 nitrogen and oxygen atoms in total. The van der Waals surface area contributed by atoms with Gasteiger partial charge in [0, 0.05) is 5.56 Å². The van der Waals surface area contributed by atoms with Crippen molar-refractivity contribution in [3.05, 3.63) is 22.3 Å². The summed E-state index contributed by atoms with van der Waals surface area (Å²) in [5.74, 6) is 1.23. The van der Waals surface area contributed by atoms with Crippen LogP contribution in [0.4, 0.5) is 0 Å². The van der Waals surface area contributed by atoms with E-state index in [0.29, 0.717) is 5.75 Å². The van der Waals surface area contributed by atoms with E-state index in [0.717, 1.165) is 53.7 Å². The summed E-state index contributed by atoms with van der Waals surface area (Å²) < 4.78 is 53.1. The SMILES string of the molecule is CCCCCCCCCCCCCCCCC1(C)CCc2c(C)c(O[C@@H]3OC(CO)[C@H](O[C@@H]4OC(CO)[C@H](O[C@@H]5OC(CO)[C@H](O[C@@H]6OC(CO)[C@H](O)[C@H](O)C6O)[C@H](O)C5O)[C@H](O)C4O)[C@H](O)C3O)c(C)c(C)c2O1. The summed E-state index contributed by atoms with van der Waals surface area (Å²) in [6, 6.07) is 0. The van der Waals surface area contributed by atoms with Crippen LogP contribution >= 0.6 is 0 Å². The third-order valence-electron chi connectivity index (χ3n) is 16.0. The van der Waals surface area contributed by atoms with Gasteiger partial charge in [0.15, 0.2) is 18.9 Å². The van der Waals surface area contributed by atoms with Crippen molar-refractivity contribution in [1.29, 1.82) is 0 Å². The predicted molar refractivity (Wildman–Crippen MR) is 265 cm³/mol. The van der Waals surface area contributed by atoms with Gasteiger partial charge < -0.3 is 109 Å². The molecule has 434 valence electrons. The van der Waals surface area contributed by atoms with E-state index in [-0.39, 0.29) is 5.60 Å². The molecule has 5 aliphatic rings. The minimum atomic E-state index is -2.03. The highest BCUT2D eigenvalue weighted by Gasteiger charge is 2.55. The fourth-order valence-corrected chi connectivity index (χ4v) is 11.1. The van der Waals surface area contributed by atoms with Gasteiger partial charge in [-0.3, -0.25) is 0 Å². The van der Waals surface area contributed by atoms with E-state index in [1.807, 2.05) is 20.8 Å². The van der Waals surface area contributed by atoms with Gasteiger partial charge in [-0.25, -0.2) is 0 Å². The zero-order valence-corrected chi connectivity index (χ0v) is 44.4. The first kappa shape index (κ1) is 62.2. The van der Waals surface area contributed by atoms with E-state index in [4.69, 9.17) is 42.6 Å². The Morgan fingerprint density at radius 3 is 1.24 bits per heavy atom. The Balaban J connectivity index is 1.01. The van der Waals surface area contributed by atoms with Gasteiger partial charge in [0.25, 0.3) is 0 Å². The lowest BCUT2D eigenvalue weighted by Crippen LogP contribution is -2.67. The lowest BCUT2D eigenvalue weighted by atomic mass is 9.84. The summed E-state index contributed by atoms with van der Waals surface area (Å²) in [4.78, 5) is 0. The Bertz CT molecular complexity index is 1860. The Morgan fingerprint density at radius 1 is 0.440 bits per heavy atom. The van der Waals surface area contributed by atoms with Crippen molar-refractivity contribution >= 4 is 0 Å². The molecule has 0 aliphatic carbocycles. The first-order chi connectivity index (χ1) is 35.8. The van der Waals surface area contributed by atoms with Crippen molar-refractivity contribution < 1.29 is 109 Å². The van der Waals surface area contributed by atoms with Crippen molar-refractivity contribution in [3.63, 3.8) is 0 Å². The van der Waals surface area contributed by atoms with Gasteiger partial charge in [0.05, 0.1) is 26.4 Å².